The van der Waals surface area contributed by atoms with Crippen LogP contribution in [0.4, 0.5) is 0 Å². The topological polar surface area (TPSA) is 54.9 Å². The minimum Gasteiger partial charge on any atom is -0.346 e. The van der Waals surface area contributed by atoms with Gasteiger partial charge in [0.15, 0.2) is 5.69 Å². The van der Waals surface area contributed by atoms with Crippen molar-refractivity contribution in [1.29, 1.82) is 0 Å². The van der Waals surface area contributed by atoms with Crippen molar-refractivity contribution in [3.63, 3.8) is 0 Å². The summed E-state index contributed by atoms with van der Waals surface area (Å²) in [6.07, 6.45) is 1.74. The molecule has 1 amide bonds. The van der Waals surface area contributed by atoms with Crippen molar-refractivity contribution in [1.82, 2.24) is 15.3 Å². The van der Waals surface area contributed by atoms with E-state index < -0.39 is 0 Å². The molecule has 0 atom stereocenters. The lowest BCUT2D eigenvalue weighted by Gasteiger charge is -2.00. The number of hydrogen-bond donors (Lipinski definition) is 1. The molecule has 0 radical (unpaired) electrons. The van der Waals surface area contributed by atoms with Crippen LogP contribution in [0.3, 0.4) is 0 Å². The number of carbonyl (C=O) groups is 1. The fourth-order valence-corrected chi connectivity index (χ4v) is 2.54. The number of thiazole rings is 2. The Bertz CT molecular complexity index is 454. The molecule has 0 spiro atoms. The minimum atomic E-state index is -0.170. The molecule has 7 heteroatoms. The normalized spacial score (nSPS) is 10.2. The second-order valence-electron chi connectivity index (χ2n) is 2.63. The second-order valence-corrected chi connectivity index (χ2v) is 5.77. The molecule has 2 heterocycles. The zero-order chi connectivity index (χ0) is 10.7. The average Bonchev–Trinajstić information content (AvgIpc) is 2.84. The molecule has 0 aliphatic rings. The van der Waals surface area contributed by atoms with Crippen molar-refractivity contribution in [2.75, 3.05) is 0 Å². The molecule has 2 aromatic heterocycles. The van der Waals surface area contributed by atoms with Crippen molar-refractivity contribution in [2.45, 2.75) is 6.54 Å². The fourth-order valence-electron chi connectivity index (χ4n) is 0.960. The zero-order valence-corrected chi connectivity index (χ0v) is 10.7. The lowest BCUT2D eigenvalue weighted by Crippen LogP contribution is -2.22. The molecule has 0 unspecified atom stereocenters. The van der Waals surface area contributed by atoms with Crippen LogP contribution in [0.25, 0.3) is 0 Å². The van der Waals surface area contributed by atoms with E-state index in [0.717, 1.165) is 8.66 Å². The monoisotopic (exact) mass is 303 g/mol. The highest BCUT2D eigenvalue weighted by atomic mass is 79.9. The summed E-state index contributed by atoms with van der Waals surface area (Å²) in [4.78, 5) is 20.5. The van der Waals surface area contributed by atoms with Crippen LogP contribution >= 0.6 is 38.6 Å². The molecule has 78 valence electrons. The van der Waals surface area contributed by atoms with Gasteiger partial charge in [-0.3, -0.25) is 9.78 Å². The Morgan fingerprint density at radius 3 is 2.93 bits per heavy atom. The third-order valence-electron chi connectivity index (χ3n) is 1.65. The molecule has 1 N–H and O–H groups in total. The van der Waals surface area contributed by atoms with Gasteiger partial charge < -0.3 is 5.32 Å². The van der Waals surface area contributed by atoms with E-state index in [1.165, 1.54) is 22.7 Å². The molecule has 2 aromatic rings. The SMILES string of the molecule is O=C(NCc1cncs1)c1ncsc1Br. The van der Waals surface area contributed by atoms with Gasteiger partial charge in [-0.05, 0) is 15.9 Å². The second kappa shape index (κ2) is 4.82. The van der Waals surface area contributed by atoms with Gasteiger partial charge in [0, 0.05) is 11.1 Å². The van der Waals surface area contributed by atoms with E-state index in [2.05, 4.69) is 31.2 Å². The van der Waals surface area contributed by atoms with E-state index in [9.17, 15) is 4.79 Å². The number of nitrogens with one attached hydrogen (secondary N) is 1. The molecular formula is C8H6BrN3OS2. The third kappa shape index (κ3) is 2.61. The number of carbonyl (C=O) groups excluding carboxylic acids is 1. The standard InChI is InChI=1S/C8H6BrN3OS2/c9-7-6(12-4-15-7)8(13)11-2-5-1-10-3-14-5/h1,3-4H,2H2,(H,11,13). The van der Waals surface area contributed by atoms with E-state index in [4.69, 9.17) is 0 Å². The van der Waals surface area contributed by atoms with Crippen LogP contribution in [-0.4, -0.2) is 15.9 Å². The van der Waals surface area contributed by atoms with Crippen LogP contribution in [-0.2, 0) is 6.54 Å². The first-order valence-electron chi connectivity index (χ1n) is 4.02. The first-order chi connectivity index (χ1) is 7.27. The van der Waals surface area contributed by atoms with Gasteiger partial charge in [-0.2, -0.15) is 0 Å². The van der Waals surface area contributed by atoms with Gasteiger partial charge in [0.25, 0.3) is 5.91 Å². The fraction of sp³-hybridized carbons (Fsp3) is 0.125. The lowest BCUT2D eigenvalue weighted by atomic mass is 10.4. The molecule has 0 saturated heterocycles. The van der Waals surface area contributed by atoms with E-state index in [1.807, 2.05) is 0 Å². The Balaban J connectivity index is 1.96. The predicted molar refractivity (Wildman–Crippen MR) is 63.1 cm³/mol. The molecule has 2 rings (SSSR count). The van der Waals surface area contributed by atoms with Gasteiger partial charge in [-0.15, -0.1) is 22.7 Å². The smallest absolute Gasteiger partial charge is 0.272 e. The van der Waals surface area contributed by atoms with Crippen LogP contribution < -0.4 is 5.32 Å². The van der Waals surface area contributed by atoms with Crippen molar-refractivity contribution in [3.05, 3.63) is 31.6 Å². The molecule has 0 bridgehead atoms. The number of hydrogen-bond acceptors (Lipinski definition) is 5. The molecular weight excluding hydrogens is 298 g/mol. The van der Waals surface area contributed by atoms with Crippen molar-refractivity contribution < 1.29 is 4.79 Å². The number of aromatic nitrogens is 2. The Morgan fingerprint density at radius 2 is 2.33 bits per heavy atom. The van der Waals surface area contributed by atoms with Gasteiger partial charge in [-0.25, -0.2) is 4.98 Å². The summed E-state index contributed by atoms with van der Waals surface area (Å²) in [5.41, 5.74) is 3.80. The van der Waals surface area contributed by atoms with Gasteiger partial charge in [0.1, 0.15) is 3.79 Å². The number of halogens is 1. The highest BCUT2D eigenvalue weighted by molar-refractivity contribution is 9.11. The lowest BCUT2D eigenvalue weighted by molar-refractivity contribution is 0.0946. The number of nitrogens with zero attached hydrogens (tertiary/aromatic N) is 2. The Kier molecular flexibility index (Phi) is 3.45. The molecule has 15 heavy (non-hydrogen) atoms. The highest BCUT2D eigenvalue weighted by Gasteiger charge is 2.12. The van der Waals surface area contributed by atoms with Crippen LogP contribution in [0, 0.1) is 0 Å². The molecule has 0 fully saturated rings. The summed E-state index contributed by atoms with van der Waals surface area (Å²) in [5.74, 6) is -0.170. The average molecular weight is 304 g/mol. The maximum atomic E-state index is 11.6. The maximum Gasteiger partial charge on any atom is 0.272 e. The van der Waals surface area contributed by atoms with Gasteiger partial charge in [-0.1, -0.05) is 0 Å². The summed E-state index contributed by atoms with van der Waals surface area (Å²) in [6.45, 7) is 0.494. The summed E-state index contributed by atoms with van der Waals surface area (Å²) in [6, 6.07) is 0. The number of rotatable bonds is 3. The van der Waals surface area contributed by atoms with Crippen LogP contribution in [0.1, 0.15) is 15.4 Å². The predicted octanol–water partition coefficient (Wildman–Crippen LogP) is 2.29. The van der Waals surface area contributed by atoms with Crippen LogP contribution in [0.5, 0.6) is 0 Å². The quantitative estimate of drug-likeness (QED) is 0.946. The Labute approximate surface area is 103 Å². The van der Waals surface area contributed by atoms with Crippen molar-refractivity contribution in [2.24, 2.45) is 0 Å². The highest BCUT2D eigenvalue weighted by Crippen LogP contribution is 2.20. The molecule has 0 saturated carbocycles. The van der Waals surface area contributed by atoms with Gasteiger partial charge in [0.2, 0.25) is 0 Å². The van der Waals surface area contributed by atoms with Gasteiger partial charge >= 0.3 is 0 Å². The summed E-state index contributed by atoms with van der Waals surface area (Å²) in [5, 5.41) is 2.77. The number of amides is 1. The molecule has 4 nitrogen and oxygen atoms in total. The summed E-state index contributed by atoms with van der Waals surface area (Å²) < 4.78 is 0.754. The van der Waals surface area contributed by atoms with Crippen LogP contribution in [0.2, 0.25) is 0 Å². The first-order valence-corrected chi connectivity index (χ1v) is 6.57. The molecule has 0 aliphatic heterocycles. The zero-order valence-electron chi connectivity index (χ0n) is 7.44. The van der Waals surface area contributed by atoms with Gasteiger partial charge in [0.05, 0.1) is 17.6 Å². The molecule has 0 aliphatic carbocycles. The first kappa shape index (κ1) is 10.7. The largest absolute Gasteiger partial charge is 0.346 e. The minimum absolute atomic E-state index is 0.170. The van der Waals surface area contributed by atoms with Crippen molar-refractivity contribution >= 4 is 44.5 Å². The van der Waals surface area contributed by atoms with E-state index in [1.54, 1.807) is 17.2 Å². The Morgan fingerprint density at radius 1 is 1.47 bits per heavy atom. The van der Waals surface area contributed by atoms with E-state index in [-0.39, 0.29) is 5.91 Å². The van der Waals surface area contributed by atoms with E-state index >= 15 is 0 Å². The van der Waals surface area contributed by atoms with Crippen LogP contribution in [0.15, 0.2) is 21.0 Å². The summed E-state index contributed by atoms with van der Waals surface area (Å²) in [7, 11) is 0. The Hall–Kier alpha value is -0.790. The third-order valence-corrected chi connectivity index (χ3v) is 3.97. The molecule has 0 aromatic carbocycles. The maximum absolute atomic E-state index is 11.6. The van der Waals surface area contributed by atoms with E-state index in [0.29, 0.717) is 12.2 Å². The summed E-state index contributed by atoms with van der Waals surface area (Å²) >= 11 is 6.17. The van der Waals surface area contributed by atoms with Crippen molar-refractivity contribution in [3.8, 4) is 0 Å².